The second kappa shape index (κ2) is 8.81. The van der Waals surface area contributed by atoms with Crippen molar-refractivity contribution in [1.82, 2.24) is 9.97 Å². The van der Waals surface area contributed by atoms with Gasteiger partial charge in [0, 0.05) is 37.2 Å². The number of fused-ring (bicyclic) bond motifs is 1. The predicted octanol–water partition coefficient (Wildman–Crippen LogP) is 2.94. The van der Waals surface area contributed by atoms with Crippen LogP contribution in [0.15, 0.2) is 41.8 Å². The van der Waals surface area contributed by atoms with Crippen LogP contribution in [0.5, 0.6) is 0 Å². The number of aryl methyl sites for hydroxylation is 1. The molecule has 23 heavy (non-hydrogen) atoms. The quantitative estimate of drug-likeness (QED) is 0.451. The van der Waals surface area contributed by atoms with Gasteiger partial charge >= 0.3 is 0 Å². The van der Waals surface area contributed by atoms with Crippen LogP contribution in [0.3, 0.4) is 0 Å². The molecule has 1 heterocycles. The molecule has 1 aliphatic rings. The first kappa shape index (κ1) is 17.7. The van der Waals surface area contributed by atoms with Crippen molar-refractivity contribution in [2.24, 2.45) is 10.7 Å². The second-order valence-electron chi connectivity index (χ2n) is 5.49. The summed E-state index contributed by atoms with van der Waals surface area (Å²) in [5.41, 5.74) is 10.9. The molecule has 1 aromatic carbocycles. The van der Waals surface area contributed by atoms with Crippen molar-refractivity contribution >= 4 is 35.6 Å². The number of hydrogen-bond donors (Lipinski definition) is 2. The predicted molar refractivity (Wildman–Crippen MR) is 104 cm³/mol. The molecule has 0 amide bonds. The van der Waals surface area contributed by atoms with Crippen molar-refractivity contribution in [2.75, 3.05) is 11.9 Å². The van der Waals surface area contributed by atoms with E-state index in [4.69, 9.17) is 5.73 Å². The van der Waals surface area contributed by atoms with E-state index in [1.54, 1.807) is 18.6 Å². The van der Waals surface area contributed by atoms with Crippen LogP contribution in [0.1, 0.15) is 29.7 Å². The lowest BCUT2D eigenvalue weighted by Crippen LogP contribution is -2.24. The fourth-order valence-corrected chi connectivity index (χ4v) is 2.83. The number of aromatic nitrogens is 2. The van der Waals surface area contributed by atoms with E-state index in [0.29, 0.717) is 12.5 Å². The highest BCUT2D eigenvalue weighted by atomic mass is 127. The molecule has 3 N–H and O–H groups in total. The number of guanidine groups is 1. The Morgan fingerprint density at radius 3 is 2.91 bits per heavy atom. The Morgan fingerprint density at radius 2 is 2.09 bits per heavy atom. The van der Waals surface area contributed by atoms with Crippen LogP contribution >= 0.6 is 24.0 Å². The zero-order chi connectivity index (χ0) is 15.2. The van der Waals surface area contributed by atoms with Gasteiger partial charge < -0.3 is 11.1 Å². The minimum absolute atomic E-state index is 0. The monoisotopic (exact) mass is 423 g/mol. The molecule has 0 saturated heterocycles. The first-order valence-electron chi connectivity index (χ1n) is 7.75. The summed E-state index contributed by atoms with van der Waals surface area (Å²) in [7, 11) is 0. The summed E-state index contributed by atoms with van der Waals surface area (Å²) in [5.74, 6) is 0.461. The Hall–Kier alpha value is -1.70. The standard InChI is InChI=1S/C17H21N5.HI/c18-17(21-9-8-14-12-19-10-11-20-14)22-16-7-3-5-13-4-1-2-6-15(13)16;/h3,5,7,10-12H,1-2,4,6,8-9H2,(H3,18,21,22);1H. The number of nitrogens with zero attached hydrogens (tertiary/aromatic N) is 3. The van der Waals surface area contributed by atoms with Crippen LogP contribution < -0.4 is 11.1 Å². The van der Waals surface area contributed by atoms with Crippen molar-refractivity contribution in [2.45, 2.75) is 32.1 Å². The van der Waals surface area contributed by atoms with Gasteiger partial charge in [0.2, 0.25) is 0 Å². The lowest BCUT2D eigenvalue weighted by molar-refractivity contribution is 0.687. The number of nitrogens with one attached hydrogen (secondary N) is 1. The Balaban J connectivity index is 0.00000192. The van der Waals surface area contributed by atoms with Gasteiger partial charge in [0.15, 0.2) is 5.96 Å². The van der Waals surface area contributed by atoms with Crippen LogP contribution in [0, 0.1) is 0 Å². The highest BCUT2D eigenvalue weighted by Gasteiger charge is 2.12. The number of aliphatic imine (C=N–C) groups is 1. The Labute approximate surface area is 153 Å². The van der Waals surface area contributed by atoms with Crippen molar-refractivity contribution in [3.8, 4) is 0 Å². The van der Waals surface area contributed by atoms with E-state index < -0.39 is 0 Å². The molecule has 2 aromatic rings. The van der Waals surface area contributed by atoms with Gasteiger partial charge in [-0.1, -0.05) is 12.1 Å². The van der Waals surface area contributed by atoms with Gasteiger partial charge in [0.05, 0.1) is 5.69 Å². The second-order valence-corrected chi connectivity index (χ2v) is 5.49. The molecule has 0 atom stereocenters. The van der Waals surface area contributed by atoms with Crippen LogP contribution in [-0.4, -0.2) is 22.5 Å². The Bertz CT molecular complexity index is 657. The third kappa shape index (κ3) is 4.89. The summed E-state index contributed by atoms with van der Waals surface area (Å²) in [6.07, 6.45) is 10.7. The van der Waals surface area contributed by atoms with Gasteiger partial charge in [-0.2, -0.15) is 0 Å². The van der Waals surface area contributed by atoms with E-state index in [0.717, 1.165) is 30.6 Å². The average molecular weight is 423 g/mol. The summed E-state index contributed by atoms with van der Waals surface area (Å²) in [4.78, 5) is 12.6. The minimum Gasteiger partial charge on any atom is -0.370 e. The number of hydrogen-bond acceptors (Lipinski definition) is 3. The van der Waals surface area contributed by atoms with Gasteiger partial charge in [-0.3, -0.25) is 15.0 Å². The lowest BCUT2D eigenvalue weighted by atomic mass is 9.90. The molecule has 1 aliphatic carbocycles. The first-order valence-corrected chi connectivity index (χ1v) is 7.75. The van der Waals surface area contributed by atoms with E-state index in [9.17, 15) is 0 Å². The van der Waals surface area contributed by atoms with Crippen molar-refractivity contribution in [1.29, 1.82) is 0 Å². The van der Waals surface area contributed by atoms with Gasteiger partial charge in [-0.25, -0.2) is 0 Å². The fourth-order valence-electron chi connectivity index (χ4n) is 2.83. The molecule has 0 saturated carbocycles. The summed E-state index contributed by atoms with van der Waals surface area (Å²) in [6, 6.07) is 6.37. The SMILES string of the molecule is I.NC(=NCCc1cnccn1)Nc1cccc2c1CCCC2. The van der Waals surface area contributed by atoms with Crippen LogP contribution in [0.4, 0.5) is 5.69 Å². The van der Waals surface area contributed by atoms with E-state index in [1.807, 2.05) is 0 Å². The summed E-state index contributed by atoms with van der Waals surface area (Å²) in [5, 5.41) is 3.25. The van der Waals surface area contributed by atoms with E-state index in [1.165, 1.54) is 24.0 Å². The molecule has 0 bridgehead atoms. The number of halogens is 1. The molecule has 0 aliphatic heterocycles. The third-order valence-corrected chi connectivity index (χ3v) is 3.93. The topological polar surface area (TPSA) is 76.2 Å². The molecule has 5 nitrogen and oxygen atoms in total. The van der Waals surface area contributed by atoms with Gasteiger partial charge in [-0.15, -0.1) is 24.0 Å². The lowest BCUT2D eigenvalue weighted by Gasteiger charge is -2.19. The summed E-state index contributed by atoms with van der Waals surface area (Å²) >= 11 is 0. The zero-order valence-electron chi connectivity index (χ0n) is 13.0. The maximum absolute atomic E-state index is 6.01. The first-order chi connectivity index (χ1) is 10.8. The highest BCUT2D eigenvalue weighted by molar-refractivity contribution is 14.0. The molecule has 0 spiro atoms. The van der Waals surface area contributed by atoms with Gasteiger partial charge in [0.25, 0.3) is 0 Å². The number of rotatable bonds is 4. The highest BCUT2D eigenvalue weighted by Crippen LogP contribution is 2.27. The summed E-state index contributed by atoms with van der Waals surface area (Å²) < 4.78 is 0. The molecule has 122 valence electrons. The molecule has 0 radical (unpaired) electrons. The zero-order valence-corrected chi connectivity index (χ0v) is 15.4. The Morgan fingerprint density at radius 1 is 1.22 bits per heavy atom. The maximum Gasteiger partial charge on any atom is 0.193 e. The number of nitrogens with two attached hydrogens (primary N) is 1. The third-order valence-electron chi connectivity index (χ3n) is 3.93. The Kier molecular flexibility index (Phi) is 6.76. The number of anilines is 1. The van der Waals surface area contributed by atoms with Crippen LogP contribution in [0.25, 0.3) is 0 Å². The minimum atomic E-state index is 0. The molecule has 0 unspecified atom stereocenters. The van der Waals surface area contributed by atoms with E-state index >= 15 is 0 Å². The normalized spacial score (nSPS) is 13.8. The molecular formula is C17H22IN5. The molecular weight excluding hydrogens is 401 g/mol. The van der Waals surface area contributed by atoms with Crippen molar-refractivity contribution < 1.29 is 0 Å². The molecule has 1 aromatic heterocycles. The van der Waals surface area contributed by atoms with Crippen LogP contribution in [-0.2, 0) is 19.3 Å². The van der Waals surface area contributed by atoms with Crippen molar-refractivity contribution in [3.05, 3.63) is 53.6 Å². The fraction of sp³-hybridized carbons (Fsp3) is 0.353. The smallest absolute Gasteiger partial charge is 0.193 e. The summed E-state index contributed by atoms with van der Waals surface area (Å²) in [6.45, 7) is 0.604. The largest absolute Gasteiger partial charge is 0.370 e. The van der Waals surface area contributed by atoms with Crippen LogP contribution in [0.2, 0.25) is 0 Å². The maximum atomic E-state index is 6.01. The van der Waals surface area contributed by atoms with Gasteiger partial charge in [0.1, 0.15) is 0 Å². The van der Waals surface area contributed by atoms with Gasteiger partial charge in [-0.05, 0) is 42.9 Å². The average Bonchev–Trinajstić information content (AvgIpc) is 2.56. The van der Waals surface area contributed by atoms with E-state index in [2.05, 4.69) is 38.5 Å². The van der Waals surface area contributed by atoms with Crippen molar-refractivity contribution in [3.63, 3.8) is 0 Å². The number of benzene rings is 1. The molecule has 3 rings (SSSR count). The van der Waals surface area contributed by atoms with E-state index in [-0.39, 0.29) is 24.0 Å². The molecule has 0 fully saturated rings. The molecule has 6 heteroatoms.